The number of piperidine rings is 1. The van der Waals surface area contributed by atoms with Gasteiger partial charge in [-0.15, -0.1) is 24.8 Å². The molecule has 1 aliphatic carbocycles. The van der Waals surface area contributed by atoms with Crippen LogP contribution in [0.25, 0.3) is 0 Å². The molecule has 2 N–H and O–H groups in total. The molecule has 2 aliphatic heterocycles. The van der Waals surface area contributed by atoms with Gasteiger partial charge in [0.05, 0.1) is 12.5 Å². The quantitative estimate of drug-likeness (QED) is 0.722. The van der Waals surface area contributed by atoms with Crippen LogP contribution >= 0.6 is 24.8 Å². The molecule has 3 rings (SSSR count). The van der Waals surface area contributed by atoms with E-state index in [2.05, 4.69) is 22.5 Å². The van der Waals surface area contributed by atoms with Crippen molar-refractivity contribution in [3.8, 4) is 0 Å². The zero-order valence-corrected chi connectivity index (χ0v) is 18.1. The topological polar surface area (TPSA) is 64.7 Å². The number of nitrogens with one attached hydrogen (secondary N) is 2. The van der Waals surface area contributed by atoms with Crippen molar-refractivity contribution >= 4 is 36.6 Å². The Bertz CT molecular complexity index is 459. The summed E-state index contributed by atoms with van der Waals surface area (Å²) in [4.78, 5) is 29.0. The highest BCUT2D eigenvalue weighted by molar-refractivity contribution is 5.85. The average Bonchev–Trinajstić information content (AvgIpc) is 2.64. The van der Waals surface area contributed by atoms with Gasteiger partial charge in [-0.05, 0) is 51.0 Å². The molecule has 1 unspecified atom stereocenters. The Morgan fingerprint density at radius 2 is 1.67 bits per heavy atom. The zero-order valence-electron chi connectivity index (χ0n) is 16.5. The Kier molecular flexibility index (Phi) is 11.0. The monoisotopic (exact) mass is 422 g/mol. The number of rotatable bonds is 4. The predicted octanol–water partition coefficient (Wildman–Crippen LogP) is 1.67. The summed E-state index contributed by atoms with van der Waals surface area (Å²) in [6.07, 6.45) is 6.78. The number of piperazine rings is 1. The van der Waals surface area contributed by atoms with Crippen LogP contribution in [-0.4, -0.2) is 73.5 Å². The molecule has 1 saturated carbocycles. The summed E-state index contributed by atoms with van der Waals surface area (Å²) >= 11 is 0. The second kappa shape index (κ2) is 12.1. The van der Waals surface area contributed by atoms with Crippen molar-refractivity contribution in [2.45, 2.75) is 51.5 Å². The van der Waals surface area contributed by atoms with Gasteiger partial charge in [0.15, 0.2) is 0 Å². The Labute approximate surface area is 176 Å². The van der Waals surface area contributed by atoms with Gasteiger partial charge in [-0.25, -0.2) is 0 Å². The number of carbonyl (C=O) groups excluding carboxylic acids is 2. The van der Waals surface area contributed by atoms with Crippen LogP contribution in [0, 0.1) is 11.8 Å². The van der Waals surface area contributed by atoms with Crippen LogP contribution in [0.15, 0.2) is 0 Å². The molecule has 1 atom stereocenters. The summed E-state index contributed by atoms with van der Waals surface area (Å²) in [5.41, 5.74) is 0. The van der Waals surface area contributed by atoms with Crippen molar-refractivity contribution < 1.29 is 9.59 Å². The predicted molar refractivity (Wildman–Crippen MR) is 113 cm³/mol. The number of carbonyl (C=O) groups is 2. The number of nitrogens with zero attached hydrogens (tertiary/aromatic N) is 2. The Balaban J connectivity index is 0.00000182. The van der Waals surface area contributed by atoms with E-state index in [0.717, 1.165) is 70.9 Å². The molecule has 2 amide bonds. The first-order chi connectivity index (χ1) is 12.1. The van der Waals surface area contributed by atoms with Gasteiger partial charge in [0.25, 0.3) is 0 Å². The standard InChI is InChI=1S/C19H34N4O2.2ClH/c1-15-4-6-17(7-5-15)21-18(24)14-22-9-11-23(12-10-22)19(25)16-3-2-8-20-13-16;;/h15-17,20H,2-14H2,1H3,(H,21,24);2*1H. The van der Waals surface area contributed by atoms with E-state index in [1.807, 2.05) is 4.90 Å². The van der Waals surface area contributed by atoms with E-state index < -0.39 is 0 Å². The highest BCUT2D eigenvalue weighted by atomic mass is 35.5. The van der Waals surface area contributed by atoms with Gasteiger partial charge in [-0.3, -0.25) is 14.5 Å². The number of hydrogen-bond donors (Lipinski definition) is 2. The molecule has 2 heterocycles. The molecular weight excluding hydrogens is 387 g/mol. The number of halogens is 2. The van der Waals surface area contributed by atoms with Crippen molar-refractivity contribution in [3.05, 3.63) is 0 Å². The summed E-state index contributed by atoms with van der Waals surface area (Å²) in [6.45, 7) is 7.74. The van der Waals surface area contributed by atoms with Gasteiger partial charge in [0.2, 0.25) is 11.8 Å². The Morgan fingerprint density at radius 3 is 2.26 bits per heavy atom. The Morgan fingerprint density at radius 1 is 1.00 bits per heavy atom. The average molecular weight is 423 g/mol. The molecule has 0 aromatic heterocycles. The van der Waals surface area contributed by atoms with E-state index in [0.29, 0.717) is 18.5 Å². The maximum atomic E-state index is 12.6. The summed E-state index contributed by atoms with van der Waals surface area (Å²) in [5.74, 6) is 1.40. The van der Waals surface area contributed by atoms with Crippen LogP contribution in [0.4, 0.5) is 0 Å². The lowest BCUT2D eigenvalue weighted by Gasteiger charge is -2.37. The van der Waals surface area contributed by atoms with Gasteiger partial charge in [-0.2, -0.15) is 0 Å². The molecule has 6 nitrogen and oxygen atoms in total. The molecule has 3 aliphatic rings. The first kappa shape index (κ1) is 24.5. The maximum Gasteiger partial charge on any atom is 0.234 e. The van der Waals surface area contributed by atoms with Crippen LogP contribution in [0.2, 0.25) is 0 Å². The van der Waals surface area contributed by atoms with Crippen molar-refractivity contribution in [2.75, 3.05) is 45.8 Å². The van der Waals surface area contributed by atoms with Crippen molar-refractivity contribution in [1.29, 1.82) is 0 Å². The van der Waals surface area contributed by atoms with E-state index in [1.54, 1.807) is 0 Å². The van der Waals surface area contributed by atoms with Crippen molar-refractivity contribution in [3.63, 3.8) is 0 Å². The van der Waals surface area contributed by atoms with Gasteiger partial charge in [-0.1, -0.05) is 6.92 Å². The summed E-state index contributed by atoms with van der Waals surface area (Å²) in [5, 5.41) is 6.52. The summed E-state index contributed by atoms with van der Waals surface area (Å²) in [7, 11) is 0. The lowest BCUT2D eigenvalue weighted by molar-refractivity contribution is -0.138. The summed E-state index contributed by atoms with van der Waals surface area (Å²) < 4.78 is 0. The fraction of sp³-hybridized carbons (Fsp3) is 0.895. The third kappa shape index (κ3) is 7.41. The molecule has 3 fully saturated rings. The highest BCUT2D eigenvalue weighted by Crippen LogP contribution is 2.23. The minimum absolute atomic E-state index is 0. The van der Waals surface area contributed by atoms with Crippen LogP contribution in [0.3, 0.4) is 0 Å². The Hall–Kier alpha value is -0.560. The van der Waals surface area contributed by atoms with Gasteiger partial charge in [0.1, 0.15) is 0 Å². The van der Waals surface area contributed by atoms with Crippen LogP contribution in [0.5, 0.6) is 0 Å². The fourth-order valence-electron chi connectivity index (χ4n) is 4.33. The first-order valence-corrected chi connectivity index (χ1v) is 10.1. The number of hydrogen-bond acceptors (Lipinski definition) is 4. The van der Waals surface area contributed by atoms with E-state index in [4.69, 9.17) is 0 Å². The van der Waals surface area contributed by atoms with Gasteiger partial charge < -0.3 is 15.5 Å². The molecule has 0 aromatic rings. The smallest absolute Gasteiger partial charge is 0.234 e. The second-order valence-electron chi connectivity index (χ2n) is 8.17. The maximum absolute atomic E-state index is 12.6. The molecule has 8 heteroatoms. The molecule has 0 aromatic carbocycles. The lowest BCUT2D eigenvalue weighted by Crippen LogP contribution is -2.54. The molecule has 0 bridgehead atoms. The molecule has 2 saturated heterocycles. The molecule has 0 spiro atoms. The third-order valence-electron chi connectivity index (χ3n) is 6.08. The minimum atomic E-state index is 0. The fourth-order valence-corrected chi connectivity index (χ4v) is 4.33. The molecule has 158 valence electrons. The summed E-state index contributed by atoms with van der Waals surface area (Å²) in [6, 6.07) is 0.366. The van der Waals surface area contributed by atoms with Crippen LogP contribution in [0.1, 0.15) is 45.4 Å². The van der Waals surface area contributed by atoms with Crippen LogP contribution < -0.4 is 10.6 Å². The van der Waals surface area contributed by atoms with E-state index in [9.17, 15) is 9.59 Å². The second-order valence-corrected chi connectivity index (χ2v) is 8.17. The van der Waals surface area contributed by atoms with E-state index in [-0.39, 0.29) is 36.6 Å². The minimum Gasteiger partial charge on any atom is -0.352 e. The highest BCUT2D eigenvalue weighted by Gasteiger charge is 2.29. The van der Waals surface area contributed by atoms with Gasteiger partial charge in [0, 0.05) is 38.8 Å². The largest absolute Gasteiger partial charge is 0.352 e. The van der Waals surface area contributed by atoms with Gasteiger partial charge >= 0.3 is 0 Å². The van der Waals surface area contributed by atoms with E-state index >= 15 is 0 Å². The normalized spacial score (nSPS) is 29.2. The van der Waals surface area contributed by atoms with E-state index in [1.165, 1.54) is 12.8 Å². The lowest BCUT2D eigenvalue weighted by atomic mass is 9.87. The SMILES string of the molecule is CC1CCC(NC(=O)CN2CCN(C(=O)C3CCCNC3)CC2)CC1.Cl.Cl. The first-order valence-electron chi connectivity index (χ1n) is 10.1. The van der Waals surface area contributed by atoms with Crippen LogP contribution in [-0.2, 0) is 9.59 Å². The molecule has 0 radical (unpaired) electrons. The zero-order chi connectivity index (χ0) is 17.6. The van der Waals surface area contributed by atoms with Crippen molar-refractivity contribution in [2.24, 2.45) is 11.8 Å². The molecular formula is C19H36Cl2N4O2. The van der Waals surface area contributed by atoms with Crippen molar-refractivity contribution in [1.82, 2.24) is 20.4 Å². The third-order valence-corrected chi connectivity index (χ3v) is 6.08. The molecule has 27 heavy (non-hydrogen) atoms. The number of amides is 2.